The molecule has 0 fully saturated rings. The molecule has 1 spiro atoms. The number of nitrogens with one attached hydrogen (secondary N) is 1. The molecule has 3 aromatic carbocycles. The minimum absolute atomic E-state index is 0.00184. The van der Waals surface area contributed by atoms with Crippen LogP contribution in [-0.4, -0.2) is 37.7 Å². The highest BCUT2D eigenvalue weighted by Crippen LogP contribution is 2.50. The number of fused-ring (bicyclic) bond motifs is 2. The number of carbonyl (C=O) groups is 2. The molecule has 8 nitrogen and oxygen atoms in total. The Morgan fingerprint density at radius 3 is 2.42 bits per heavy atom. The van der Waals surface area contributed by atoms with Crippen LogP contribution < -0.4 is 19.5 Å². The van der Waals surface area contributed by atoms with E-state index in [1.807, 2.05) is 19.9 Å². The smallest absolute Gasteiger partial charge is 0.277 e. The number of anilines is 1. The number of hydrogen-bond acceptors (Lipinski definition) is 7. The number of oxime groups is 1. The molecule has 36 heavy (non-hydrogen) atoms. The summed E-state index contributed by atoms with van der Waals surface area (Å²) in [4.78, 5) is 33.6. The summed E-state index contributed by atoms with van der Waals surface area (Å²) in [5, 5.41) is 7.18. The van der Waals surface area contributed by atoms with Crippen LogP contribution in [0.4, 0.5) is 5.69 Å². The van der Waals surface area contributed by atoms with E-state index in [-0.39, 0.29) is 11.9 Å². The molecule has 0 unspecified atom stereocenters. The zero-order chi connectivity index (χ0) is 25.4. The lowest BCUT2D eigenvalue weighted by Crippen LogP contribution is -2.46. The van der Waals surface area contributed by atoms with Gasteiger partial charge in [0.05, 0.1) is 20.3 Å². The molecule has 1 amide bonds. The van der Waals surface area contributed by atoms with Crippen LogP contribution in [0.2, 0.25) is 0 Å². The van der Waals surface area contributed by atoms with E-state index in [4.69, 9.17) is 19.0 Å². The van der Waals surface area contributed by atoms with E-state index in [1.54, 1.807) is 67.8 Å². The summed E-state index contributed by atoms with van der Waals surface area (Å²) in [6.45, 7) is 3.86. The number of ketones is 1. The Bertz CT molecular complexity index is 1360. The summed E-state index contributed by atoms with van der Waals surface area (Å²) < 4.78 is 16.6. The molecule has 1 N–H and O–H groups in total. The molecule has 184 valence electrons. The lowest BCUT2D eigenvalue weighted by molar-refractivity contribution is -0.140. The fourth-order valence-corrected chi connectivity index (χ4v) is 4.71. The van der Waals surface area contributed by atoms with Gasteiger partial charge in [-0.1, -0.05) is 23.4 Å². The number of hydrogen-bond donors (Lipinski definition) is 1. The molecule has 2 atom stereocenters. The normalized spacial score (nSPS) is 20.0. The molecule has 2 heterocycles. The third kappa shape index (κ3) is 3.66. The standard InChI is InChI=1S/C28H26N2O6/c1-16(2)35-18-11-9-17(10-12-18)26(31)24-25(20-14-13-19(33-3)15-23(20)34-4)30-36-28(24)21-7-5-6-8-22(21)29-27(28)32/h5-16,24H,1-4H3,(H,29,32)/t24-,28+/m0/s1. The number of benzene rings is 3. The van der Waals surface area contributed by atoms with Crippen molar-refractivity contribution in [1.82, 2.24) is 0 Å². The first-order chi connectivity index (χ1) is 17.4. The first-order valence-corrected chi connectivity index (χ1v) is 11.6. The summed E-state index contributed by atoms with van der Waals surface area (Å²) in [6.07, 6.45) is -0.00184. The molecule has 0 bridgehead atoms. The largest absolute Gasteiger partial charge is 0.497 e. The molecule has 0 saturated heterocycles. The number of Topliss-reactive ketones (excluding diaryl/α,β-unsaturated/α-hetero) is 1. The van der Waals surface area contributed by atoms with Crippen LogP contribution in [0.5, 0.6) is 17.2 Å². The van der Waals surface area contributed by atoms with Crippen molar-refractivity contribution in [3.8, 4) is 17.2 Å². The molecular formula is C28H26N2O6. The highest BCUT2D eigenvalue weighted by atomic mass is 16.7. The Morgan fingerprint density at radius 2 is 1.72 bits per heavy atom. The van der Waals surface area contributed by atoms with Crippen molar-refractivity contribution in [3.63, 3.8) is 0 Å². The second kappa shape index (κ2) is 9.03. The summed E-state index contributed by atoms with van der Waals surface area (Å²) in [7, 11) is 3.07. The average molecular weight is 487 g/mol. The summed E-state index contributed by atoms with van der Waals surface area (Å²) >= 11 is 0. The van der Waals surface area contributed by atoms with Crippen LogP contribution in [0.3, 0.4) is 0 Å². The molecule has 0 aromatic heterocycles. The van der Waals surface area contributed by atoms with E-state index in [2.05, 4.69) is 10.5 Å². The van der Waals surface area contributed by atoms with Gasteiger partial charge in [-0.2, -0.15) is 0 Å². The number of para-hydroxylation sites is 1. The van der Waals surface area contributed by atoms with Crippen molar-refractivity contribution in [2.45, 2.75) is 25.6 Å². The Kier molecular flexibility index (Phi) is 5.88. The third-order valence-corrected chi connectivity index (χ3v) is 6.34. The lowest BCUT2D eigenvalue weighted by atomic mass is 9.74. The van der Waals surface area contributed by atoms with Crippen LogP contribution >= 0.6 is 0 Å². The van der Waals surface area contributed by atoms with Crippen LogP contribution in [0.1, 0.15) is 35.3 Å². The molecule has 2 aliphatic rings. The highest BCUT2D eigenvalue weighted by molar-refractivity contribution is 6.25. The zero-order valence-corrected chi connectivity index (χ0v) is 20.4. The lowest BCUT2D eigenvalue weighted by Gasteiger charge is -2.27. The Labute approximate surface area is 208 Å². The van der Waals surface area contributed by atoms with Crippen LogP contribution in [0.25, 0.3) is 0 Å². The van der Waals surface area contributed by atoms with E-state index in [1.165, 1.54) is 7.11 Å². The topological polar surface area (TPSA) is 95.5 Å². The molecule has 3 aromatic rings. The number of ether oxygens (including phenoxy) is 3. The molecule has 2 aliphatic heterocycles. The number of carbonyl (C=O) groups excluding carboxylic acids is 2. The number of amides is 1. The van der Waals surface area contributed by atoms with Gasteiger partial charge in [-0.15, -0.1) is 0 Å². The van der Waals surface area contributed by atoms with Crippen molar-refractivity contribution in [3.05, 3.63) is 83.4 Å². The second-order valence-electron chi connectivity index (χ2n) is 8.86. The van der Waals surface area contributed by atoms with Crippen molar-refractivity contribution in [2.24, 2.45) is 11.1 Å². The van der Waals surface area contributed by atoms with Crippen molar-refractivity contribution in [2.75, 3.05) is 19.5 Å². The quantitative estimate of drug-likeness (QED) is 0.492. The summed E-state index contributed by atoms with van der Waals surface area (Å²) in [6, 6.07) is 19.2. The second-order valence-corrected chi connectivity index (χ2v) is 8.86. The van der Waals surface area contributed by atoms with Gasteiger partial charge in [0.15, 0.2) is 5.78 Å². The van der Waals surface area contributed by atoms with Crippen molar-refractivity contribution in [1.29, 1.82) is 0 Å². The first-order valence-electron chi connectivity index (χ1n) is 11.6. The van der Waals surface area contributed by atoms with Gasteiger partial charge in [-0.25, -0.2) is 0 Å². The maximum absolute atomic E-state index is 14.2. The number of nitrogens with zero attached hydrogens (tertiary/aromatic N) is 1. The van der Waals surface area contributed by atoms with E-state index in [9.17, 15) is 9.59 Å². The minimum atomic E-state index is -1.65. The zero-order valence-electron chi connectivity index (χ0n) is 20.4. The number of rotatable bonds is 7. The van der Waals surface area contributed by atoms with Crippen molar-refractivity contribution < 1.29 is 28.6 Å². The van der Waals surface area contributed by atoms with Gasteiger partial charge in [-0.3, -0.25) is 9.59 Å². The fourth-order valence-electron chi connectivity index (χ4n) is 4.71. The van der Waals surface area contributed by atoms with Gasteiger partial charge in [0, 0.05) is 28.4 Å². The summed E-state index contributed by atoms with van der Waals surface area (Å²) in [5.74, 6) is -0.162. The Hall–Kier alpha value is -4.33. The maximum atomic E-state index is 14.2. The van der Waals surface area contributed by atoms with E-state index in [0.29, 0.717) is 45.3 Å². The molecular weight excluding hydrogens is 460 g/mol. The van der Waals surface area contributed by atoms with Gasteiger partial charge in [0.1, 0.15) is 28.9 Å². The van der Waals surface area contributed by atoms with Crippen molar-refractivity contribution >= 4 is 23.1 Å². The number of methoxy groups -OCH3 is 2. The van der Waals surface area contributed by atoms with Crippen LogP contribution in [-0.2, 0) is 15.2 Å². The molecule has 0 radical (unpaired) electrons. The monoisotopic (exact) mass is 486 g/mol. The average Bonchev–Trinajstić information content (AvgIpc) is 3.42. The Morgan fingerprint density at radius 1 is 1.00 bits per heavy atom. The predicted octanol–water partition coefficient (Wildman–Crippen LogP) is 4.57. The van der Waals surface area contributed by atoms with Gasteiger partial charge in [0.2, 0.25) is 0 Å². The highest BCUT2D eigenvalue weighted by Gasteiger charge is 2.63. The molecule has 5 rings (SSSR count). The SMILES string of the molecule is COc1ccc(C2=NO[C@@]3(C(=O)Nc4ccccc43)[C@@H]2C(=O)c2ccc(OC(C)C)cc2)c(OC)c1. The molecule has 8 heteroatoms. The van der Waals surface area contributed by atoms with E-state index in [0.717, 1.165) is 0 Å². The predicted molar refractivity (Wildman–Crippen MR) is 134 cm³/mol. The third-order valence-electron chi connectivity index (χ3n) is 6.34. The Balaban J connectivity index is 1.64. The van der Waals surface area contributed by atoms with E-state index >= 15 is 0 Å². The van der Waals surface area contributed by atoms with Crippen LogP contribution in [0, 0.1) is 5.92 Å². The first kappa shape index (κ1) is 23.4. The molecule has 0 saturated carbocycles. The van der Waals surface area contributed by atoms with Gasteiger partial charge in [-0.05, 0) is 56.3 Å². The van der Waals surface area contributed by atoms with E-state index < -0.39 is 17.4 Å². The maximum Gasteiger partial charge on any atom is 0.277 e. The van der Waals surface area contributed by atoms with Gasteiger partial charge < -0.3 is 24.4 Å². The fraction of sp³-hybridized carbons (Fsp3) is 0.250. The summed E-state index contributed by atoms with van der Waals surface area (Å²) in [5.41, 5.74) is 0.720. The van der Waals surface area contributed by atoms with Gasteiger partial charge >= 0.3 is 0 Å². The minimum Gasteiger partial charge on any atom is -0.497 e. The van der Waals surface area contributed by atoms with Crippen LogP contribution in [0.15, 0.2) is 71.9 Å². The molecule has 0 aliphatic carbocycles. The van der Waals surface area contributed by atoms with Gasteiger partial charge in [0.25, 0.3) is 11.5 Å².